The highest BCUT2D eigenvalue weighted by molar-refractivity contribution is 7.13. The molecule has 0 unspecified atom stereocenters. The van der Waals surface area contributed by atoms with Gasteiger partial charge < -0.3 is 9.84 Å². The minimum absolute atomic E-state index is 0. The van der Waals surface area contributed by atoms with Gasteiger partial charge in [-0.1, -0.05) is 11.2 Å². The third-order valence-electron chi connectivity index (χ3n) is 3.94. The molecule has 1 saturated heterocycles. The van der Waals surface area contributed by atoms with Crippen LogP contribution in [0, 0.1) is 0 Å². The van der Waals surface area contributed by atoms with Gasteiger partial charge in [0.15, 0.2) is 0 Å². The first-order chi connectivity index (χ1) is 10.4. The summed E-state index contributed by atoms with van der Waals surface area (Å²) < 4.78 is 7.57. The molecule has 0 spiro atoms. The zero-order chi connectivity index (χ0) is 14.1. The van der Waals surface area contributed by atoms with Crippen LogP contribution in [0.4, 0.5) is 0 Å². The standard InChI is InChI=1S/C14H15N5OS.ClH/c1-3-11(21-10-1)12-17-13(20-18-12)14(4-7-15-8-5-14)19-9-2-6-16-19;/h1-3,6,9-10,15H,4-5,7-8H2;1H. The van der Waals surface area contributed by atoms with Crippen LogP contribution in [0.2, 0.25) is 0 Å². The SMILES string of the molecule is Cl.c1csc(-c2noc(C3(n4cccn4)CCNCC3)n2)c1. The predicted octanol–water partition coefficient (Wildman–Crippen LogP) is 2.54. The zero-order valence-electron chi connectivity index (χ0n) is 11.8. The minimum atomic E-state index is -0.336. The fourth-order valence-electron chi connectivity index (χ4n) is 2.82. The Bertz CT molecular complexity index is 704. The van der Waals surface area contributed by atoms with E-state index < -0.39 is 0 Å². The van der Waals surface area contributed by atoms with E-state index in [1.165, 1.54) is 0 Å². The summed E-state index contributed by atoms with van der Waals surface area (Å²) in [6, 6.07) is 5.92. The van der Waals surface area contributed by atoms with Crippen LogP contribution < -0.4 is 5.32 Å². The molecular formula is C14H16ClN5OS. The first kappa shape index (κ1) is 15.2. The molecule has 1 N–H and O–H groups in total. The normalized spacial score (nSPS) is 17.1. The Morgan fingerprint density at radius 1 is 1.27 bits per heavy atom. The second-order valence-electron chi connectivity index (χ2n) is 5.13. The molecule has 0 bridgehead atoms. The highest BCUT2D eigenvalue weighted by Crippen LogP contribution is 2.35. The summed E-state index contributed by atoms with van der Waals surface area (Å²) in [6.07, 6.45) is 5.54. The smallest absolute Gasteiger partial charge is 0.255 e. The van der Waals surface area contributed by atoms with Gasteiger partial charge in [0, 0.05) is 12.4 Å². The molecule has 3 aromatic heterocycles. The number of thiophene rings is 1. The first-order valence-corrected chi connectivity index (χ1v) is 7.85. The van der Waals surface area contributed by atoms with E-state index in [4.69, 9.17) is 4.52 Å². The van der Waals surface area contributed by atoms with Crippen molar-refractivity contribution in [2.75, 3.05) is 13.1 Å². The van der Waals surface area contributed by atoms with Crippen molar-refractivity contribution >= 4 is 23.7 Å². The van der Waals surface area contributed by atoms with E-state index in [9.17, 15) is 0 Å². The summed E-state index contributed by atoms with van der Waals surface area (Å²) in [5.74, 6) is 1.31. The van der Waals surface area contributed by atoms with Crippen LogP contribution in [0.15, 0.2) is 40.5 Å². The molecule has 0 amide bonds. The topological polar surface area (TPSA) is 68.8 Å². The van der Waals surface area contributed by atoms with Crippen molar-refractivity contribution in [2.24, 2.45) is 0 Å². The number of aromatic nitrogens is 4. The zero-order valence-corrected chi connectivity index (χ0v) is 13.4. The van der Waals surface area contributed by atoms with E-state index in [-0.39, 0.29) is 17.9 Å². The van der Waals surface area contributed by atoms with Gasteiger partial charge in [0.2, 0.25) is 5.82 Å². The van der Waals surface area contributed by atoms with Gasteiger partial charge in [-0.25, -0.2) is 0 Å². The van der Waals surface area contributed by atoms with E-state index in [0.717, 1.165) is 30.8 Å². The quantitative estimate of drug-likeness (QED) is 0.795. The molecule has 0 atom stereocenters. The molecule has 116 valence electrons. The number of nitrogens with zero attached hydrogens (tertiary/aromatic N) is 4. The lowest BCUT2D eigenvalue weighted by Crippen LogP contribution is -2.45. The van der Waals surface area contributed by atoms with Crippen LogP contribution in [0.3, 0.4) is 0 Å². The maximum Gasteiger partial charge on any atom is 0.255 e. The lowest BCUT2D eigenvalue weighted by Gasteiger charge is -2.34. The van der Waals surface area contributed by atoms with Crippen molar-refractivity contribution in [2.45, 2.75) is 18.4 Å². The first-order valence-electron chi connectivity index (χ1n) is 6.97. The van der Waals surface area contributed by atoms with Gasteiger partial charge >= 0.3 is 0 Å². The van der Waals surface area contributed by atoms with Crippen LogP contribution in [-0.2, 0) is 5.54 Å². The Balaban J connectivity index is 0.00000144. The molecule has 6 nitrogen and oxygen atoms in total. The summed E-state index contributed by atoms with van der Waals surface area (Å²) in [6.45, 7) is 1.83. The summed E-state index contributed by atoms with van der Waals surface area (Å²) in [4.78, 5) is 5.67. The van der Waals surface area contributed by atoms with E-state index in [1.807, 2.05) is 34.5 Å². The molecule has 1 aliphatic heterocycles. The van der Waals surface area contributed by atoms with Crippen LogP contribution >= 0.6 is 23.7 Å². The fourth-order valence-corrected chi connectivity index (χ4v) is 3.47. The number of halogens is 1. The van der Waals surface area contributed by atoms with Crippen molar-refractivity contribution in [3.05, 3.63) is 41.9 Å². The van der Waals surface area contributed by atoms with E-state index in [0.29, 0.717) is 11.7 Å². The molecule has 4 heterocycles. The van der Waals surface area contributed by atoms with Crippen molar-refractivity contribution in [3.63, 3.8) is 0 Å². The number of rotatable bonds is 3. The van der Waals surface area contributed by atoms with Crippen molar-refractivity contribution in [1.29, 1.82) is 0 Å². The third kappa shape index (κ3) is 2.45. The van der Waals surface area contributed by atoms with Crippen LogP contribution in [-0.4, -0.2) is 33.0 Å². The van der Waals surface area contributed by atoms with E-state index in [1.54, 1.807) is 17.5 Å². The highest BCUT2D eigenvalue weighted by atomic mass is 35.5. The predicted molar refractivity (Wildman–Crippen MR) is 86.3 cm³/mol. The van der Waals surface area contributed by atoms with Crippen LogP contribution in [0.5, 0.6) is 0 Å². The van der Waals surface area contributed by atoms with E-state index >= 15 is 0 Å². The highest BCUT2D eigenvalue weighted by Gasteiger charge is 2.41. The minimum Gasteiger partial charge on any atom is -0.336 e. The summed E-state index contributed by atoms with van der Waals surface area (Å²) in [5.41, 5.74) is -0.336. The number of hydrogen-bond donors (Lipinski definition) is 1. The Hall–Kier alpha value is -1.70. The van der Waals surface area contributed by atoms with Crippen LogP contribution in [0.25, 0.3) is 10.7 Å². The van der Waals surface area contributed by atoms with Crippen molar-refractivity contribution < 1.29 is 4.52 Å². The number of hydrogen-bond acceptors (Lipinski definition) is 6. The van der Waals surface area contributed by atoms with Crippen LogP contribution in [0.1, 0.15) is 18.7 Å². The fraction of sp³-hybridized carbons (Fsp3) is 0.357. The Kier molecular flexibility index (Phi) is 4.28. The van der Waals surface area contributed by atoms with Gasteiger partial charge in [-0.05, 0) is 43.4 Å². The number of nitrogens with one attached hydrogen (secondary N) is 1. The lowest BCUT2D eigenvalue weighted by atomic mass is 9.88. The number of piperidine rings is 1. The summed E-state index contributed by atoms with van der Waals surface area (Å²) >= 11 is 1.61. The molecule has 1 fully saturated rings. The van der Waals surface area contributed by atoms with Gasteiger partial charge in [0.1, 0.15) is 5.54 Å². The molecule has 1 aliphatic rings. The molecule has 0 radical (unpaired) electrons. The Morgan fingerprint density at radius 3 is 2.82 bits per heavy atom. The Morgan fingerprint density at radius 2 is 2.14 bits per heavy atom. The average molecular weight is 338 g/mol. The molecule has 22 heavy (non-hydrogen) atoms. The maximum absolute atomic E-state index is 5.61. The second-order valence-corrected chi connectivity index (χ2v) is 6.08. The van der Waals surface area contributed by atoms with Gasteiger partial charge in [0.25, 0.3) is 5.89 Å². The maximum atomic E-state index is 5.61. The average Bonchev–Trinajstić information content (AvgIpc) is 3.27. The molecular weight excluding hydrogens is 322 g/mol. The van der Waals surface area contributed by atoms with E-state index in [2.05, 4.69) is 20.6 Å². The van der Waals surface area contributed by atoms with Crippen molar-refractivity contribution in [1.82, 2.24) is 25.2 Å². The van der Waals surface area contributed by atoms with Gasteiger partial charge in [0.05, 0.1) is 4.88 Å². The second kappa shape index (κ2) is 6.20. The molecule has 0 saturated carbocycles. The third-order valence-corrected chi connectivity index (χ3v) is 4.81. The molecule has 0 aliphatic carbocycles. The van der Waals surface area contributed by atoms with Gasteiger partial charge in [-0.2, -0.15) is 10.1 Å². The summed E-state index contributed by atoms with van der Waals surface area (Å²) in [7, 11) is 0. The lowest BCUT2D eigenvalue weighted by molar-refractivity contribution is 0.172. The molecule has 8 heteroatoms. The summed E-state index contributed by atoms with van der Waals surface area (Å²) in [5, 5.41) is 14.0. The molecule has 4 rings (SSSR count). The monoisotopic (exact) mass is 337 g/mol. The largest absolute Gasteiger partial charge is 0.336 e. The van der Waals surface area contributed by atoms with Gasteiger partial charge in [-0.15, -0.1) is 23.7 Å². The molecule has 0 aromatic carbocycles. The van der Waals surface area contributed by atoms with Crippen molar-refractivity contribution in [3.8, 4) is 10.7 Å². The van der Waals surface area contributed by atoms with Gasteiger partial charge in [-0.3, -0.25) is 4.68 Å². The molecule has 3 aromatic rings. The Labute approximate surface area is 138 Å².